The fourth-order valence-electron chi connectivity index (χ4n) is 1.46. The lowest BCUT2D eigenvalue weighted by Gasteiger charge is -2.17. The van der Waals surface area contributed by atoms with Crippen molar-refractivity contribution in [3.8, 4) is 10.4 Å². The Kier molecular flexibility index (Phi) is 3.17. The van der Waals surface area contributed by atoms with Gasteiger partial charge in [0, 0.05) is 32.0 Å². The highest BCUT2D eigenvalue weighted by molar-refractivity contribution is 9.10. The second-order valence-corrected chi connectivity index (χ2v) is 6.64. The summed E-state index contributed by atoms with van der Waals surface area (Å²) >= 11 is 5.23. The molecular formula is C13H14BrNS. The van der Waals surface area contributed by atoms with Gasteiger partial charge in [-0.3, -0.25) is 4.98 Å². The lowest BCUT2D eigenvalue weighted by atomic mass is 9.91. The van der Waals surface area contributed by atoms with Crippen LogP contribution in [0.4, 0.5) is 0 Å². The van der Waals surface area contributed by atoms with Crippen LogP contribution in [0.15, 0.2) is 34.2 Å². The van der Waals surface area contributed by atoms with E-state index in [9.17, 15) is 0 Å². The molecule has 0 saturated carbocycles. The molecule has 2 aromatic heterocycles. The van der Waals surface area contributed by atoms with Crippen LogP contribution < -0.4 is 0 Å². The van der Waals surface area contributed by atoms with E-state index in [2.05, 4.69) is 65.3 Å². The van der Waals surface area contributed by atoms with Gasteiger partial charge in [-0.15, -0.1) is 11.3 Å². The molecule has 0 unspecified atom stereocenters. The van der Waals surface area contributed by atoms with E-state index in [1.807, 2.05) is 6.20 Å². The molecule has 0 aliphatic heterocycles. The predicted octanol–water partition coefficient (Wildman–Crippen LogP) is 4.87. The van der Waals surface area contributed by atoms with Crippen molar-refractivity contribution >= 4 is 27.3 Å². The van der Waals surface area contributed by atoms with Gasteiger partial charge in [-0.25, -0.2) is 0 Å². The van der Waals surface area contributed by atoms with E-state index in [4.69, 9.17) is 0 Å². The Hall–Kier alpha value is -0.670. The predicted molar refractivity (Wildman–Crippen MR) is 74.0 cm³/mol. The largest absolute Gasteiger partial charge is 0.261 e. The molecule has 0 aromatic carbocycles. The number of nitrogens with zero attached hydrogens (tertiary/aromatic N) is 1. The third kappa shape index (κ3) is 2.53. The first-order valence-electron chi connectivity index (χ1n) is 5.18. The fraction of sp³-hybridized carbons (Fsp3) is 0.308. The summed E-state index contributed by atoms with van der Waals surface area (Å²) in [6.45, 7) is 6.55. The first kappa shape index (κ1) is 11.8. The van der Waals surface area contributed by atoms with Gasteiger partial charge < -0.3 is 0 Å². The van der Waals surface area contributed by atoms with Crippen LogP contribution >= 0.6 is 27.3 Å². The summed E-state index contributed by atoms with van der Waals surface area (Å²) in [7, 11) is 0. The minimum Gasteiger partial charge on any atom is -0.261 e. The van der Waals surface area contributed by atoms with Gasteiger partial charge in [0.2, 0.25) is 0 Å². The normalized spacial score (nSPS) is 11.8. The van der Waals surface area contributed by atoms with Crippen molar-refractivity contribution in [3.05, 3.63) is 39.9 Å². The molecule has 84 valence electrons. The Labute approximate surface area is 109 Å². The van der Waals surface area contributed by atoms with Crippen molar-refractivity contribution in [1.29, 1.82) is 0 Å². The van der Waals surface area contributed by atoms with Gasteiger partial charge in [0.05, 0.1) is 0 Å². The molecule has 0 spiro atoms. The van der Waals surface area contributed by atoms with Gasteiger partial charge in [0.25, 0.3) is 0 Å². The highest BCUT2D eigenvalue weighted by Gasteiger charge is 2.16. The SMILES string of the molecule is CC(C)(C)c1cc(-c2cc(Br)cs2)ccn1. The van der Waals surface area contributed by atoms with Gasteiger partial charge >= 0.3 is 0 Å². The smallest absolute Gasteiger partial charge is 0.0463 e. The maximum Gasteiger partial charge on any atom is 0.0463 e. The Balaban J connectivity index is 2.44. The molecule has 2 aromatic rings. The number of thiophene rings is 1. The van der Waals surface area contributed by atoms with Crippen molar-refractivity contribution in [1.82, 2.24) is 4.98 Å². The Morgan fingerprint density at radius 3 is 2.56 bits per heavy atom. The number of hydrogen-bond donors (Lipinski definition) is 0. The van der Waals surface area contributed by atoms with Gasteiger partial charge in [0.1, 0.15) is 0 Å². The van der Waals surface area contributed by atoms with E-state index < -0.39 is 0 Å². The van der Waals surface area contributed by atoms with Crippen LogP contribution in [0.2, 0.25) is 0 Å². The van der Waals surface area contributed by atoms with E-state index in [1.54, 1.807) is 11.3 Å². The second-order valence-electron chi connectivity index (χ2n) is 4.81. The zero-order valence-corrected chi connectivity index (χ0v) is 12.0. The molecule has 1 nitrogen and oxygen atoms in total. The van der Waals surface area contributed by atoms with Gasteiger partial charge in [-0.05, 0) is 39.7 Å². The number of pyridine rings is 1. The summed E-state index contributed by atoms with van der Waals surface area (Å²) < 4.78 is 1.14. The second kappa shape index (κ2) is 4.30. The first-order valence-corrected chi connectivity index (χ1v) is 6.85. The molecule has 0 aliphatic carbocycles. The number of aromatic nitrogens is 1. The maximum absolute atomic E-state index is 4.44. The topological polar surface area (TPSA) is 12.9 Å². The van der Waals surface area contributed by atoms with Crippen LogP contribution in [-0.2, 0) is 5.41 Å². The standard InChI is InChI=1S/C13H14BrNS/c1-13(2,3)12-6-9(4-5-15-12)11-7-10(14)8-16-11/h4-8H,1-3H3. The summed E-state index contributed by atoms with van der Waals surface area (Å²) in [6, 6.07) is 6.39. The van der Waals surface area contributed by atoms with E-state index in [1.165, 1.54) is 10.4 Å². The Morgan fingerprint density at radius 2 is 2.00 bits per heavy atom. The summed E-state index contributed by atoms with van der Waals surface area (Å²) in [5.74, 6) is 0. The molecule has 0 amide bonds. The lowest BCUT2D eigenvalue weighted by molar-refractivity contribution is 0.569. The van der Waals surface area contributed by atoms with Crippen molar-refractivity contribution in [2.24, 2.45) is 0 Å². The summed E-state index contributed by atoms with van der Waals surface area (Å²) in [4.78, 5) is 5.71. The van der Waals surface area contributed by atoms with Gasteiger partial charge in [-0.1, -0.05) is 20.8 Å². The van der Waals surface area contributed by atoms with E-state index in [0.717, 1.165) is 10.2 Å². The highest BCUT2D eigenvalue weighted by Crippen LogP contribution is 2.31. The van der Waals surface area contributed by atoms with Crippen molar-refractivity contribution in [2.45, 2.75) is 26.2 Å². The monoisotopic (exact) mass is 295 g/mol. The van der Waals surface area contributed by atoms with E-state index in [-0.39, 0.29) is 5.41 Å². The molecule has 0 radical (unpaired) electrons. The zero-order valence-electron chi connectivity index (χ0n) is 9.62. The summed E-state index contributed by atoms with van der Waals surface area (Å²) in [5.41, 5.74) is 2.48. The minimum atomic E-state index is 0.102. The van der Waals surface area contributed by atoms with Crippen molar-refractivity contribution < 1.29 is 0 Å². The Morgan fingerprint density at radius 1 is 1.25 bits per heavy atom. The first-order chi connectivity index (χ1) is 7.47. The van der Waals surface area contributed by atoms with E-state index in [0.29, 0.717) is 0 Å². The summed E-state index contributed by atoms with van der Waals surface area (Å²) in [6.07, 6.45) is 1.89. The molecule has 0 bridgehead atoms. The molecule has 0 N–H and O–H groups in total. The van der Waals surface area contributed by atoms with Crippen molar-refractivity contribution in [3.63, 3.8) is 0 Å². The van der Waals surface area contributed by atoms with Gasteiger partial charge in [0.15, 0.2) is 0 Å². The number of halogens is 1. The minimum absolute atomic E-state index is 0.102. The molecule has 16 heavy (non-hydrogen) atoms. The van der Waals surface area contributed by atoms with Gasteiger partial charge in [-0.2, -0.15) is 0 Å². The lowest BCUT2D eigenvalue weighted by Crippen LogP contribution is -2.13. The van der Waals surface area contributed by atoms with Crippen LogP contribution in [0.3, 0.4) is 0 Å². The molecular weight excluding hydrogens is 282 g/mol. The van der Waals surface area contributed by atoms with Crippen LogP contribution in [-0.4, -0.2) is 4.98 Å². The fourth-order valence-corrected chi connectivity index (χ4v) is 2.88. The van der Waals surface area contributed by atoms with Crippen LogP contribution in [0.25, 0.3) is 10.4 Å². The number of hydrogen-bond acceptors (Lipinski definition) is 2. The van der Waals surface area contributed by atoms with Crippen LogP contribution in [0, 0.1) is 0 Å². The molecule has 0 saturated heterocycles. The number of rotatable bonds is 1. The van der Waals surface area contributed by atoms with Crippen molar-refractivity contribution in [2.75, 3.05) is 0 Å². The third-order valence-electron chi connectivity index (χ3n) is 2.38. The highest BCUT2D eigenvalue weighted by atomic mass is 79.9. The average Bonchev–Trinajstić information content (AvgIpc) is 2.64. The maximum atomic E-state index is 4.44. The molecule has 2 rings (SSSR count). The summed E-state index contributed by atoms with van der Waals surface area (Å²) in [5, 5.41) is 2.10. The molecule has 2 heterocycles. The molecule has 0 atom stereocenters. The zero-order chi connectivity index (χ0) is 11.8. The van der Waals surface area contributed by atoms with E-state index >= 15 is 0 Å². The Bertz CT molecular complexity index is 497. The molecule has 0 aliphatic rings. The molecule has 3 heteroatoms. The molecule has 0 fully saturated rings. The van der Waals surface area contributed by atoms with Crippen LogP contribution in [0.5, 0.6) is 0 Å². The average molecular weight is 296 g/mol. The van der Waals surface area contributed by atoms with Crippen LogP contribution in [0.1, 0.15) is 26.5 Å². The quantitative estimate of drug-likeness (QED) is 0.731. The third-order valence-corrected chi connectivity index (χ3v) is 4.12.